The molecule has 5 atom stereocenters. The molecule has 0 unspecified atom stereocenters. The van der Waals surface area contributed by atoms with E-state index in [0.29, 0.717) is 4.90 Å². The van der Waals surface area contributed by atoms with E-state index < -0.39 is 35.6 Å². The highest BCUT2D eigenvalue weighted by Gasteiger charge is 2.48. The molecular weight excluding hydrogens is 366 g/mol. The molecule has 9 nitrogen and oxygen atoms in total. The third-order valence-corrected chi connectivity index (χ3v) is 4.84. The summed E-state index contributed by atoms with van der Waals surface area (Å²) in [7, 11) is 6.16. The summed E-state index contributed by atoms with van der Waals surface area (Å²) in [6.07, 6.45) is -2.75. The summed E-state index contributed by atoms with van der Waals surface area (Å²) in [5.41, 5.74) is -0.0474. The van der Waals surface area contributed by atoms with Gasteiger partial charge in [-0.25, -0.2) is 0 Å². The van der Waals surface area contributed by atoms with E-state index in [1.165, 1.54) is 13.2 Å². The fraction of sp³-hybridized carbons (Fsp3) is 0.625. The zero-order chi connectivity index (χ0) is 19.1. The monoisotopic (exact) mass is 389 g/mol. The van der Waals surface area contributed by atoms with Gasteiger partial charge in [0.15, 0.2) is 6.29 Å². The quantitative estimate of drug-likeness (QED) is 0.357. The number of para-hydroxylation sites is 1. The first-order valence-corrected chi connectivity index (χ1v) is 8.61. The van der Waals surface area contributed by atoms with E-state index in [-0.39, 0.29) is 12.3 Å². The number of methoxy groups -OCH3 is 4. The van der Waals surface area contributed by atoms with Crippen LogP contribution in [0, 0.1) is 10.1 Å². The molecule has 26 heavy (non-hydrogen) atoms. The van der Waals surface area contributed by atoms with Gasteiger partial charge in [-0.15, -0.1) is 0 Å². The number of hydrogen-bond acceptors (Lipinski definition) is 9. The third-order valence-electron chi connectivity index (χ3n) is 4.03. The van der Waals surface area contributed by atoms with Crippen molar-refractivity contribution in [3.05, 3.63) is 34.4 Å². The molecular formula is C16H23NO8S. The lowest BCUT2D eigenvalue weighted by Crippen LogP contribution is -2.60. The molecule has 0 aromatic heterocycles. The number of rotatable bonds is 9. The van der Waals surface area contributed by atoms with Gasteiger partial charge in [0.05, 0.1) is 11.5 Å². The van der Waals surface area contributed by atoms with E-state index in [1.807, 2.05) is 0 Å². The minimum atomic E-state index is -0.832. The number of benzene rings is 1. The first-order chi connectivity index (χ1) is 12.6. The summed E-state index contributed by atoms with van der Waals surface area (Å²) >= 11 is 0.859. The average molecular weight is 389 g/mol. The molecule has 1 heterocycles. The van der Waals surface area contributed by atoms with Gasteiger partial charge < -0.3 is 23.7 Å². The predicted molar refractivity (Wildman–Crippen MR) is 93.0 cm³/mol. The Morgan fingerprint density at radius 1 is 1.08 bits per heavy atom. The Kier molecular flexibility index (Phi) is 8.22. The molecule has 0 spiro atoms. The lowest BCUT2D eigenvalue weighted by atomic mass is 9.98. The zero-order valence-corrected chi connectivity index (χ0v) is 15.8. The fourth-order valence-electron chi connectivity index (χ4n) is 2.83. The second kappa shape index (κ2) is 10.2. The zero-order valence-electron chi connectivity index (χ0n) is 15.0. The molecule has 146 valence electrons. The maximum absolute atomic E-state index is 11.1. The van der Waals surface area contributed by atoms with Gasteiger partial charge in [0.25, 0.3) is 5.69 Å². The third kappa shape index (κ3) is 4.71. The van der Waals surface area contributed by atoms with E-state index in [9.17, 15) is 10.1 Å². The molecule has 0 amide bonds. The Morgan fingerprint density at radius 3 is 2.31 bits per heavy atom. The summed E-state index contributed by atoms with van der Waals surface area (Å²) < 4.78 is 33.4. The Morgan fingerprint density at radius 2 is 1.73 bits per heavy atom. The van der Waals surface area contributed by atoms with Crippen molar-refractivity contribution >= 4 is 17.7 Å². The molecule has 10 heteroatoms. The van der Waals surface area contributed by atoms with Crippen LogP contribution in [0.4, 0.5) is 5.69 Å². The van der Waals surface area contributed by atoms with Crippen LogP contribution in [-0.4, -0.2) is 70.7 Å². The number of hydrogen-bond donors (Lipinski definition) is 0. The summed E-state index contributed by atoms with van der Waals surface area (Å²) in [6.45, 7) is 0.269. The smallest absolute Gasteiger partial charge is 0.285 e. The Hall–Kier alpha value is -1.27. The van der Waals surface area contributed by atoms with Crippen molar-refractivity contribution in [2.45, 2.75) is 35.6 Å². The van der Waals surface area contributed by atoms with E-state index in [1.54, 1.807) is 39.5 Å². The molecule has 1 aromatic rings. The van der Waals surface area contributed by atoms with Gasteiger partial charge in [-0.1, -0.05) is 12.1 Å². The van der Waals surface area contributed by atoms with Crippen molar-refractivity contribution in [1.29, 1.82) is 0 Å². The lowest BCUT2D eigenvalue weighted by Gasteiger charge is -2.43. The van der Waals surface area contributed by atoms with Crippen molar-refractivity contribution in [2.24, 2.45) is 0 Å². The number of ether oxygens (including phenoxy) is 5. The Bertz CT molecular complexity index is 589. The summed E-state index contributed by atoms with van der Waals surface area (Å²) in [5, 5.41) is 11.1. The lowest BCUT2D eigenvalue weighted by molar-refractivity contribution is -0.387. The molecule has 1 aliphatic rings. The van der Waals surface area contributed by atoms with Gasteiger partial charge in [-0.2, -0.15) is 0 Å². The Balaban J connectivity index is 2.17. The second-order valence-electron chi connectivity index (χ2n) is 5.50. The number of nitro benzene ring substituents is 1. The van der Waals surface area contributed by atoms with Crippen LogP contribution < -0.4 is 0 Å². The molecule has 2 rings (SSSR count). The van der Waals surface area contributed by atoms with Gasteiger partial charge in [0.1, 0.15) is 29.3 Å². The molecule has 1 aromatic carbocycles. The van der Waals surface area contributed by atoms with Crippen LogP contribution in [0.3, 0.4) is 0 Å². The number of nitrogens with zero attached hydrogens (tertiary/aromatic N) is 1. The standard InChI is InChI=1S/C16H23NO8S/c1-20-9-11-13(21-2)14(22-3)15(23-4)16(24-11)25-26-12-8-6-5-7-10(12)17(18)19/h5-8,11,13-16H,9H2,1-4H3/t11-,13-,14+,15-,16-/m1/s1. The minimum Gasteiger partial charge on any atom is -0.382 e. The maximum Gasteiger partial charge on any atom is 0.285 e. The normalized spacial score (nSPS) is 28.8. The van der Waals surface area contributed by atoms with E-state index in [4.69, 9.17) is 27.9 Å². The molecule has 1 aliphatic heterocycles. The fourth-order valence-corrected chi connectivity index (χ4v) is 3.55. The second-order valence-corrected chi connectivity index (χ2v) is 6.30. The predicted octanol–water partition coefficient (Wildman–Crippen LogP) is 2.03. The summed E-state index contributed by atoms with van der Waals surface area (Å²) in [5.74, 6) is 0. The molecule has 1 fully saturated rings. The largest absolute Gasteiger partial charge is 0.382 e. The van der Waals surface area contributed by atoms with Crippen molar-refractivity contribution < 1.29 is 32.8 Å². The molecule has 0 radical (unpaired) electrons. The van der Waals surface area contributed by atoms with Gasteiger partial charge >= 0.3 is 0 Å². The maximum atomic E-state index is 11.1. The molecule has 0 aliphatic carbocycles. The van der Waals surface area contributed by atoms with Crippen LogP contribution in [-0.2, 0) is 27.9 Å². The van der Waals surface area contributed by atoms with E-state index in [0.717, 1.165) is 12.0 Å². The van der Waals surface area contributed by atoms with Crippen LogP contribution in [0.1, 0.15) is 0 Å². The van der Waals surface area contributed by atoms with Crippen LogP contribution >= 0.6 is 12.0 Å². The van der Waals surface area contributed by atoms with Crippen LogP contribution in [0.5, 0.6) is 0 Å². The van der Waals surface area contributed by atoms with Crippen molar-refractivity contribution in [2.75, 3.05) is 35.0 Å². The number of nitro groups is 1. The SMILES string of the molecule is COC[C@H]1O[C@H](OSc2ccccc2[N+](=O)[O-])[C@H](OC)[C@@H](OC)[C@@H]1OC. The van der Waals surface area contributed by atoms with Crippen molar-refractivity contribution in [3.63, 3.8) is 0 Å². The highest BCUT2D eigenvalue weighted by atomic mass is 32.2. The molecule has 0 N–H and O–H groups in total. The highest BCUT2D eigenvalue weighted by Crippen LogP contribution is 2.35. The summed E-state index contributed by atoms with van der Waals surface area (Å²) in [4.78, 5) is 11.0. The molecule has 0 bridgehead atoms. The Labute approximate surface area is 156 Å². The first-order valence-electron chi connectivity index (χ1n) is 7.86. The topological polar surface area (TPSA) is 98.5 Å². The van der Waals surface area contributed by atoms with Crippen molar-refractivity contribution in [3.8, 4) is 0 Å². The van der Waals surface area contributed by atoms with Gasteiger partial charge in [0, 0.05) is 46.5 Å². The van der Waals surface area contributed by atoms with Crippen LogP contribution in [0.25, 0.3) is 0 Å². The van der Waals surface area contributed by atoms with E-state index >= 15 is 0 Å². The summed E-state index contributed by atoms with van der Waals surface area (Å²) in [6, 6.07) is 6.30. The van der Waals surface area contributed by atoms with Gasteiger partial charge in [-0.3, -0.25) is 14.3 Å². The first kappa shape index (κ1) is 21.0. The van der Waals surface area contributed by atoms with Crippen LogP contribution in [0.15, 0.2) is 29.2 Å². The van der Waals surface area contributed by atoms with Crippen molar-refractivity contribution in [1.82, 2.24) is 0 Å². The van der Waals surface area contributed by atoms with Gasteiger partial charge in [0.2, 0.25) is 0 Å². The highest BCUT2D eigenvalue weighted by molar-refractivity contribution is 7.94. The molecule has 1 saturated heterocycles. The van der Waals surface area contributed by atoms with Gasteiger partial charge in [-0.05, 0) is 6.07 Å². The average Bonchev–Trinajstić information content (AvgIpc) is 2.65. The van der Waals surface area contributed by atoms with E-state index in [2.05, 4.69) is 0 Å². The molecule has 0 saturated carbocycles. The van der Waals surface area contributed by atoms with Crippen LogP contribution in [0.2, 0.25) is 0 Å². The minimum absolute atomic E-state index is 0.0474.